The first-order chi connectivity index (χ1) is 17.2. The number of benzene rings is 2. The molecule has 0 aromatic heterocycles. The van der Waals surface area contributed by atoms with Crippen molar-refractivity contribution in [2.75, 3.05) is 43.7 Å². The normalized spacial score (nSPS) is 15.2. The van der Waals surface area contributed by atoms with Gasteiger partial charge in [-0.25, -0.2) is 0 Å². The number of halogens is 3. The van der Waals surface area contributed by atoms with Crippen molar-refractivity contribution in [3.8, 4) is 6.07 Å². The van der Waals surface area contributed by atoms with E-state index in [1.807, 2.05) is 19.1 Å². The van der Waals surface area contributed by atoms with Crippen LogP contribution >= 0.6 is 0 Å². The highest BCUT2D eigenvalue weighted by atomic mass is 19.4. The molecule has 1 atom stereocenters. The fourth-order valence-electron chi connectivity index (χ4n) is 4.57. The van der Waals surface area contributed by atoms with Crippen LogP contribution in [0.4, 0.5) is 30.2 Å². The molecule has 36 heavy (non-hydrogen) atoms. The first-order valence-electron chi connectivity index (χ1n) is 11.7. The number of ether oxygens (including phenoxy) is 2. The van der Waals surface area contributed by atoms with Crippen LogP contribution in [0.1, 0.15) is 48.8 Å². The summed E-state index contributed by atoms with van der Waals surface area (Å²) in [5, 5.41) is 21.6. The molecule has 0 amide bonds. The molecule has 0 spiro atoms. The fourth-order valence-corrected chi connectivity index (χ4v) is 4.57. The lowest BCUT2D eigenvalue weighted by Crippen LogP contribution is -2.39. The highest BCUT2D eigenvalue weighted by Crippen LogP contribution is 2.38. The second-order valence-corrected chi connectivity index (χ2v) is 8.65. The molecule has 0 aliphatic carbocycles. The summed E-state index contributed by atoms with van der Waals surface area (Å²) in [5.74, 6) is -1.41. The minimum Gasteiger partial charge on any atom is -0.481 e. The molecule has 2 N–H and O–H groups in total. The van der Waals surface area contributed by atoms with E-state index in [-0.39, 0.29) is 24.8 Å². The van der Waals surface area contributed by atoms with Crippen LogP contribution in [0.3, 0.4) is 0 Å². The highest BCUT2D eigenvalue weighted by Gasteiger charge is 2.34. The van der Waals surface area contributed by atoms with Crippen LogP contribution < -0.4 is 10.2 Å². The number of rotatable bonds is 10. The van der Waals surface area contributed by atoms with E-state index in [9.17, 15) is 23.1 Å². The van der Waals surface area contributed by atoms with Crippen LogP contribution in [0, 0.1) is 11.3 Å². The molecule has 0 bridgehead atoms. The number of anilines is 3. The van der Waals surface area contributed by atoms with Gasteiger partial charge in [0.15, 0.2) is 0 Å². The third-order valence-corrected chi connectivity index (χ3v) is 6.29. The van der Waals surface area contributed by atoms with Gasteiger partial charge in [-0.1, -0.05) is 6.07 Å². The Morgan fingerprint density at radius 2 is 2.00 bits per heavy atom. The van der Waals surface area contributed by atoms with Crippen LogP contribution in [0.5, 0.6) is 0 Å². The number of aliphatic carboxylic acids is 1. The van der Waals surface area contributed by atoms with E-state index in [0.717, 1.165) is 30.7 Å². The first-order valence-corrected chi connectivity index (χ1v) is 11.7. The quantitative estimate of drug-likeness (QED) is 0.438. The fraction of sp³-hybridized carbons (Fsp3) is 0.462. The maximum absolute atomic E-state index is 13.6. The van der Waals surface area contributed by atoms with Crippen molar-refractivity contribution < 1.29 is 32.5 Å². The van der Waals surface area contributed by atoms with Gasteiger partial charge in [0.05, 0.1) is 41.6 Å². The Morgan fingerprint density at radius 3 is 2.58 bits per heavy atom. The number of hydrogen-bond donors (Lipinski definition) is 2. The van der Waals surface area contributed by atoms with Crippen molar-refractivity contribution in [1.29, 1.82) is 5.26 Å². The van der Waals surface area contributed by atoms with Crippen molar-refractivity contribution in [2.24, 2.45) is 0 Å². The first kappa shape index (κ1) is 27.3. The van der Waals surface area contributed by atoms with E-state index in [0.29, 0.717) is 31.0 Å². The van der Waals surface area contributed by atoms with Crippen molar-refractivity contribution in [1.82, 2.24) is 0 Å². The molecule has 1 aliphatic rings. The Labute approximate surface area is 208 Å². The van der Waals surface area contributed by atoms with Gasteiger partial charge in [0, 0.05) is 44.5 Å². The standard InChI is InChI=1S/C26H30F3N3O4/c1-3-32(21-8-10-36-11-9-21)24-7-5-17(19(16-35-2)13-25(33)34)12-23(24)31-20-6-4-18(15-30)22(14-20)26(27,28)29/h4-7,12,14,19,21,31H,3,8-11,13,16H2,1-2H3,(H,33,34)/t19-/m0/s1. The smallest absolute Gasteiger partial charge is 0.417 e. The van der Waals surface area contributed by atoms with Crippen molar-refractivity contribution >= 4 is 23.0 Å². The van der Waals surface area contributed by atoms with Crippen molar-refractivity contribution in [2.45, 2.75) is 44.3 Å². The van der Waals surface area contributed by atoms with Gasteiger partial charge in [-0.05, 0) is 55.7 Å². The van der Waals surface area contributed by atoms with Crippen LogP contribution in [0.25, 0.3) is 0 Å². The zero-order valence-electron chi connectivity index (χ0n) is 20.3. The third kappa shape index (κ3) is 6.68. The van der Waals surface area contributed by atoms with Gasteiger partial charge < -0.3 is 24.8 Å². The van der Waals surface area contributed by atoms with Crippen LogP contribution in [-0.2, 0) is 20.4 Å². The largest absolute Gasteiger partial charge is 0.481 e. The molecule has 194 valence electrons. The second-order valence-electron chi connectivity index (χ2n) is 8.65. The van der Waals surface area contributed by atoms with Crippen molar-refractivity contribution in [3.05, 3.63) is 53.1 Å². The minimum atomic E-state index is -4.68. The Balaban J connectivity index is 2.08. The third-order valence-electron chi connectivity index (χ3n) is 6.29. The van der Waals surface area contributed by atoms with E-state index < -0.39 is 29.2 Å². The van der Waals surface area contributed by atoms with E-state index >= 15 is 0 Å². The molecule has 1 aliphatic heterocycles. The van der Waals surface area contributed by atoms with Gasteiger partial charge in [-0.15, -0.1) is 0 Å². The molecule has 0 unspecified atom stereocenters. The summed E-state index contributed by atoms with van der Waals surface area (Å²) in [6.45, 7) is 4.10. The van der Waals surface area contributed by atoms with E-state index in [4.69, 9.17) is 14.7 Å². The topological polar surface area (TPSA) is 94.8 Å². The minimum absolute atomic E-state index is 0.154. The average molecular weight is 506 g/mol. The number of carboxylic acids is 1. The number of carbonyl (C=O) groups is 1. The number of hydrogen-bond acceptors (Lipinski definition) is 6. The predicted molar refractivity (Wildman–Crippen MR) is 130 cm³/mol. The predicted octanol–water partition coefficient (Wildman–Crippen LogP) is 5.53. The average Bonchev–Trinajstić information content (AvgIpc) is 2.85. The number of alkyl halides is 3. The van der Waals surface area contributed by atoms with E-state index in [1.165, 1.54) is 13.2 Å². The van der Waals surface area contributed by atoms with Gasteiger partial charge in [0.1, 0.15) is 0 Å². The lowest BCUT2D eigenvalue weighted by molar-refractivity contribution is -0.138. The van der Waals surface area contributed by atoms with Crippen LogP contribution in [0.2, 0.25) is 0 Å². The Kier molecular flexibility index (Phi) is 9.18. The SMILES string of the molecule is CCN(c1ccc([C@H](COC)CC(=O)O)cc1Nc1ccc(C#N)c(C(F)(F)F)c1)C1CCOCC1. The molecule has 1 heterocycles. The highest BCUT2D eigenvalue weighted by molar-refractivity contribution is 5.77. The molecule has 1 saturated heterocycles. The Hall–Kier alpha value is -3.29. The number of methoxy groups -OCH3 is 1. The van der Waals surface area contributed by atoms with E-state index in [1.54, 1.807) is 12.1 Å². The molecule has 1 fully saturated rings. The molecule has 0 radical (unpaired) electrons. The Bertz CT molecular complexity index is 1090. The summed E-state index contributed by atoms with van der Waals surface area (Å²) in [6.07, 6.45) is -3.21. The zero-order chi connectivity index (χ0) is 26.3. The van der Waals surface area contributed by atoms with Crippen LogP contribution in [0.15, 0.2) is 36.4 Å². The van der Waals surface area contributed by atoms with Gasteiger partial charge in [0.2, 0.25) is 0 Å². The molecule has 0 saturated carbocycles. The number of carboxylic acid groups (broad SMARTS) is 1. The van der Waals surface area contributed by atoms with E-state index in [2.05, 4.69) is 10.2 Å². The summed E-state index contributed by atoms with van der Waals surface area (Å²) in [5.41, 5.74) is 0.721. The monoisotopic (exact) mass is 505 g/mol. The maximum Gasteiger partial charge on any atom is 0.417 e. The molecule has 10 heteroatoms. The summed E-state index contributed by atoms with van der Waals surface area (Å²) in [6, 6.07) is 10.8. The molecule has 2 aromatic rings. The summed E-state index contributed by atoms with van der Waals surface area (Å²) in [7, 11) is 1.49. The molecular weight excluding hydrogens is 475 g/mol. The molecular formula is C26H30F3N3O4. The van der Waals surface area contributed by atoms with Gasteiger partial charge in [-0.3, -0.25) is 4.79 Å². The number of nitrogens with one attached hydrogen (secondary N) is 1. The molecule has 7 nitrogen and oxygen atoms in total. The zero-order valence-corrected chi connectivity index (χ0v) is 20.3. The van der Waals surface area contributed by atoms with Crippen molar-refractivity contribution in [3.63, 3.8) is 0 Å². The maximum atomic E-state index is 13.6. The van der Waals surface area contributed by atoms with Gasteiger partial charge >= 0.3 is 12.1 Å². The lowest BCUT2D eigenvalue weighted by atomic mass is 9.94. The Morgan fingerprint density at radius 1 is 1.28 bits per heavy atom. The summed E-state index contributed by atoms with van der Waals surface area (Å²) < 4.78 is 51.4. The number of nitriles is 1. The summed E-state index contributed by atoms with van der Waals surface area (Å²) >= 11 is 0. The van der Waals surface area contributed by atoms with Crippen LogP contribution in [-0.4, -0.2) is 50.6 Å². The molecule has 2 aromatic carbocycles. The lowest BCUT2D eigenvalue weighted by Gasteiger charge is -2.37. The van der Waals surface area contributed by atoms with Gasteiger partial charge in [0.25, 0.3) is 0 Å². The summed E-state index contributed by atoms with van der Waals surface area (Å²) in [4.78, 5) is 13.6. The second kappa shape index (κ2) is 12.1. The van der Waals surface area contributed by atoms with Gasteiger partial charge in [-0.2, -0.15) is 18.4 Å². The number of nitrogens with zero attached hydrogens (tertiary/aromatic N) is 2. The molecule has 3 rings (SSSR count).